The van der Waals surface area contributed by atoms with Crippen molar-refractivity contribution in [2.45, 2.75) is 95.8 Å². The second kappa shape index (κ2) is 12.8. The minimum Gasteiger partial charge on any atom is -0.432 e. The van der Waals surface area contributed by atoms with Gasteiger partial charge in [0, 0.05) is 23.9 Å². The summed E-state index contributed by atoms with van der Waals surface area (Å²) in [6, 6.07) is 5.92. The Morgan fingerprint density at radius 3 is 2.05 bits per heavy atom. The average Bonchev–Trinajstić information content (AvgIpc) is 2.91. The molecule has 0 bridgehead atoms. The van der Waals surface area contributed by atoms with Crippen LogP contribution >= 0.6 is 0 Å². The average molecular weight is 554 g/mol. The van der Waals surface area contributed by atoms with Crippen molar-refractivity contribution in [3.63, 3.8) is 0 Å². The van der Waals surface area contributed by atoms with Crippen molar-refractivity contribution in [2.24, 2.45) is 17.8 Å². The molecule has 2 fully saturated rings. The third kappa shape index (κ3) is 8.01. The van der Waals surface area contributed by atoms with Crippen LogP contribution in [0.3, 0.4) is 0 Å². The fourth-order valence-corrected chi connectivity index (χ4v) is 5.81. The van der Waals surface area contributed by atoms with Crippen LogP contribution in [0.4, 0.5) is 26.3 Å². The Balaban J connectivity index is 1.21. The molecule has 0 unspecified atom stereocenters. The van der Waals surface area contributed by atoms with Crippen molar-refractivity contribution >= 4 is 0 Å². The predicted octanol–water partition coefficient (Wildman–Crippen LogP) is 9.89. The molecule has 8 heteroatoms. The van der Waals surface area contributed by atoms with E-state index in [0.29, 0.717) is 36.8 Å². The zero-order valence-electron chi connectivity index (χ0n) is 22.3. The summed E-state index contributed by atoms with van der Waals surface area (Å²) in [6.07, 6.45) is 7.41. The number of unbranched alkanes of at least 4 members (excludes halogenated alkanes) is 1. The van der Waals surface area contributed by atoms with Crippen molar-refractivity contribution in [3.05, 3.63) is 71.3 Å². The molecular formula is C31H37F6NO. The van der Waals surface area contributed by atoms with Crippen LogP contribution in [0.25, 0.3) is 0 Å². The van der Waals surface area contributed by atoms with E-state index in [1.165, 1.54) is 24.1 Å². The number of pyridine rings is 1. The van der Waals surface area contributed by atoms with E-state index in [1.54, 1.807) is 0 Å². The van der Waals surface area contributed by atoms with Gasteiger partial charge in [0.25, 0.3) is 0 Å². The highest BCUT2D eigenvalue weighted by Crippen LogP contribution is 2.42. The molecule has 2 aliphatic rings. The number of halogens is 6. The Bertz CT molecular complexity index is 1080. The lowest BCUT2D eigenvalue weighted by Crippen LogP contribution is -2.37. The first-order valence-electron chi connectivity index (χ1n) is 14.1. The van der Waals surface area contributed by atoms with Gasteiger partial charge in [-0.2, -0.15) is 22.0 Å². The highest BCUT2D eigenvalue weighted by molar-refractivity contribution is 5.31. The third-order valence-corrected chi connectivity index (χ3v) is 8.26. The van der Waals surface area contributed by atoms with Crippen LogP contribution in [0.2, 0.25) is 0 Å². The van der Waals surface area contributed by atoms with Crippen LogP contribution in [-0.2, 0) is 12.6 Å². The Hall–Kier alpha value is -2.51. The van der Waals surface area contributed by atoms with Crippen molar-refractivity contribution in [3.8, 4) is 5.75 Å². The molecule has 1 aromatic heterocycles. The molecule has 39 heavy (non-hydrogen) atoms. The van der Waals surface area contributed by atoms with Crippen molar-refractivity contribution in [1.82, 2.24) is 4.98 Å². The summed E-state index contributed by atoms with van der Waals surface area (Å²) in [5.74, 6) is -2.10. The predicted molar refractivity (Wildman–Crippen MR) is 139 cm³/mol. The molecule has 214 valence electrons. The molecule has 0 amide bonds. The van der Waals surface area contributed by atoms with Gasteiger partial charge in [-0.25, -0.2) is 4.39 Å². The monoisotopic (exact) mass is 553 g/mol. The van der Waals surface area contributed by atoms with E-state index in [-0.39, 0.29) is 18.8 Å². The number of aryl methyl sites for hydroxylation is 1. The van der Waals surface area contributed by atoms with Gasteiger partial charge in [-0.15, -0.1) is 0 Å². The summed E-state index contributed by atoms with van der Waals surface area (Å²) >= 11 is 0. The zero-order valence-corrected chi connectivity index (χ0v) is 22.3. The Morgan fingerprint density at radius 2 is 1.51 bits per heavy atom. The highest BCUT2D eigenvalue weighted by atomic mass is 19.4. The molecule has 2 nitrogen and oxygen atoms in total. The summed E-state index contributed by atoms with van der Waals surface area (Å²) in [7, 11) is 0. The first-order valence-corrected chi connectivity index (χ1v) is 14.1. The summed E-state index contributed by atoms with van der Waals surface area (Å²) in [6.45, 7) is 2.19. The Morgan fingerprint density at radius 1 is 0.872 bits per heavy atom. The summed E-state index contributed by atoms with van der Waals surface area (Å²) in [5.41, 5.74) is 0.968. The van der Waals surface area contributed by atoms with E-state index in [1.807, 2.05) is 6.20 Å². The zero-order chi connectivity index (χ0) is 28.0. The van der Waals surface area contributed by atoms with E-state index >= 15 is 0 Å². The first kappa shape index (κ1) is 29.5. The van der Waals surface area contributed by atoms with Gasteiger partial charge in [0.1, 0.15) is 11.6 Å². The van der Waals surface area contributed by atoms with Crippen LogP contribution in [0.15, 0.2) is 48.7 Å². The molecular weight excluding hydrogens is 516 g/mol. The van der Waals surface area contributed by atoms with E-state index in [4.69, 9.17) is 4.98 Å². The van der Waals surface area contributed by atoms with Crippen LogP contribution in [0, 0.1) is 23.6 Å². The standard InChI is InChI=1S/C31H37F6NO/c1-2-3-4-23-11-18-29(38-20-23)24-12-7-21(8-13-24)5-6-22-9-14-25(15-10-22)31(36,37)39-26-16-17-27(28(32)19-26)30(33,34)35/h5-6,11,16-22,24-25H,2-4,7-10,12-15H2,1H3/b6-5+. The lowest BCUT2D eigenvalue weighted by Gasteiger charge is -2.32. The number of rotatable bonds is 9. The number of alkyl halides is 5. The quantitative estimate of drug-likeness (QED) is 0.228. The second-order valence-corrected chi connectivity index (χ2v) is 11.1. The number of aromatic nitrogens is 1. The molecule has 0 saturated heterocycles. The van der Waals surface area contributed by atoms with Gasteiger partial charge in [0.15, 0.2) is 0 Å². The van der Waals surface area contributed by atoms with E-state index in [2.05, 4.69) is 35.9 Å². The molecule has 2 aliphatic carbocycles. The highest BCUT2D eigenvalue weighted by Gasteiger charge is 2.44. The molecule has 2 saturated carbocycles. The summed E-state index contributed by atoms with van der Waals surface area (Å²) in [5, 5.41) is 0. The molecule has 4 rings (SSSR count). The first-order chi connectivity index (χ1) is 18.5. The maximum absolute atomic E-state index is 14.7. The molecule has 0 aliphatic heterocycles. The van der Waals surface area contributed by atoms with Crippen LogP contribution in [-0.4, -0.2) is 11.1 Å². The maximum atomic E-state index is 14.7. The van der Waals surface area contributed by atoms with Gasteiger partial charge >= 0.3 is 12.3 Å². The molecule has 1 heterocycles. The molecule has 0 N–H and O–H groups in total. The lowest BCUT2D eigenvalue weighted by atomic mass is 9.78. The Kier molecular flexibility index (Phi) is 9.65. The lowest BCUT2D eigenvalue weighted by molar-refractivity contribution is -0.223. The smallest absolute Gasteiger partial charge is 0.419 e. The summed E-state index contributed by atoms with van der Waals surface area (Å²) < 4.78 is 86.1. The van der Waals surface area contributed by atoms with E-state index < -0.39 is 35.3 Å². The number of nitrogens with zero attached hydrogens (tertiary/aromatic N) is 1. The number of hydrogen-bond acceptors (Lipinski definition) is 2. The number of hydrogen-bond donors (Lipinski definition) is 0. The SMILES string of the molecule is CCCCc1ccc(C2CCC(/C=C/C3CCC(C(F)(F)Oc4ccc(C(F)(F)F)c(F)c4)CC3)CC2)nc1. The fourth-order valence-electron chi connectivity index (χ4n) is 5.81. The van der Waals surface area contributed by atoms with Gasteiger partial charge < -0.3 is 4.74 Å². The van der Waals surface area contributed by atoms with Gasteiger partial charge in [0.05, 0.1) is 11.5 Å². The van der Waals surface area contributed by atoms with Gasteiger partial charge in [-0.05, 0) is 99.8 Å². The number of ether oxygens (including phenoxy) is 1. The van der Waals surface area contributed by atoms with Gasteiger partial charge in [-0.1, -0.05) is 31.6 Å². The minimum atomic E-state index is -4.90. The number of benzene rings is 1. The van der Waals surface area contributed by atoms with E-state index in [0.717, 1.165) is 38.2 Å². The van der Waals surface area contributed by atoms with Gasteiger partial charge in [-0.3, -0.25) is 4.98 Å². The molecule has 0 atom stereocenters. The third-order valence-electron chi connectivity index (χ3n) is 8.26. The van der Waals surface area contributed by atoms with E-state index in [9.17, 15) is 26.3 Å². The maximum Gasteiger partial charge on any atom is 0.419 e. The Labute approximate surface area is 226 Å². The van der Waals surface area contributed by atoms with Gasteiger partial charge in [0.2, 0.25) is 0 Å². The molecule has 2 aromatic rings. The largest absolute Gasteiger partial charge is 0.432 e. The van der Waals surface area contributed by atoms with Crippen molar-refractivity contribution in [1.29, 1.82) is 0 Å². The van der Waals surface area contributed by atoms with Crippen LogP contribution in [0.5, 0.6) is 5.75 Å². The van der Waals surface area contributed by atoms with Crippen LogP contribution < -0.4 is 4.74 Å². The number of allylic oxidation sites excluding steroid dienone is 2. The summed E-state index contributed by atoms with van der Waals surface area (Å²) in [4.78, 5) is 4.72. The molecule has 0 spiro atoms. The van der Waals surface area contributed by atoms with Crippen molar-refractivity contribution < 1.29 is 31.1 Å². The van der Waals surface area contributed by atoms with Crippen molar-refractivity contribution in [2.75, 3.05) is 0 Å². The molecule has 0 radical (unpaired) electrons. The molecule has 1 aromatic carbocycles. The minimum absolute atomic E-state index is 0.218. The normalized spacial score (nSPS) is 24.7. The topological polar surface area (TPSA) is 22.1 Å². The fraction of sp³-hybridized carbons (Fsp3) is 0.581. The second-order valence-electron chi connectivity index (χ2n) is 11.1. The van der Waals surface area contributed by atoms with Crippen LogP contribution in [0.1, 0.15) is 93.9 Å².